The summed E-state index contributed by atoms with van der Waals surface area (Å²) in [4.78, 5) is 18.7. The minimum atomic E-state index is -0.0404. The summed E-state index contributed by atoms with van der Waals surface area (Å²) >= 11 is 0. The van der Waals surface area contributed by atoms with E-state index in [4.69, 9.17) is 0 Å². The van der Waals surface area contributed by atoms with Crippen LogP contribution in [0.15, 0.2) is 53.8 Å². The molecule has 1 saturated heterocycles. The van der Waals surface area contributed by atoms with Gasteiger partial charge in [-0.1, -0.05) is 5.21 Å². The van der Waals surface area contributed by atoms with E-state index in [0.29, 0.717) is 12.5 Å². The van der Waals surface area contributed by atoms with Crippen LogP contribution < -0.4 is 5.56 Å². The van der Waals surface area contributed by atoms with E-state index in [1.165, 1.54) is 0 Å². The average Bonchev–Trinajstić information content (AvgIpc) is 3.23. The number of piperidine rings is 1. The van der Waals surface area contributed by atoms with Crippen LogP contribution in [0, 0.1) is 5.92 Å². The summed E-state index contributed by atoms with van der Waals surface area (Å²) in [5.74, 6) is 0.477. The molecule has 0 aromatic carbocycles. The van der Waals surface area contributed by atoms with Gasteiger partial charge in [-0.05, 0) is 50.0 Å². The lowest BCUT2D eigenvalue weighted by Crippen LogP contribution is -2.38. The Hall–Kier alpha value is -2.87. The average molecular weight is 365 g/mol. The van der Waals surface area contributed by atoms with Gasteiger partial charge in [0.1, 0.15) is 0 Å². The third-order valence-corrected chi connectivity index (χ3v) is 5.10. The van der Waals surface area contributed by atoms with Crippen molar-refractivity contribution in [1.29, 1.82) is 0 Å². The molecule has 8 heteroatoms. The van der Waals surface area contributed by atoms with Gasteiger partial charge in [0.2, 0.25) is 0 Å². The van der Waals surface area contributed by atoms with E-state index in [1.54, 1.807) is 35.4 Å². The largest absolute Gasteiger partial charge is 0.301 e. The minimum absolute atomic E-state index is 0.0404. The van der Waals surface area contributed by atoms with Crippen LogP contribution in [0.2, 0.25) is 0 Å². The van der Waals surface area contributed by atoms with E-state index in [1.807, 2.05) is 23.0 Å². The maximum atomic E-state index is 12.2. The predicted octanol–water partition coefficient (Wildman–Crippen LogP) is 1.31. The summed E-state index contributed by atoms with van der Waals surface area (Å²) in [7, 11) is 0. The first-order valence-corrected chi connectivity index (χ1v) is 9.33. The first-order chi connectivity index (χ1) is 13.3. The van der Waals surface area contributed by atoms with Crippen LogP contribution in [-0.4, -0.2) is 54.3 Å². The summed E-state index contributed by atoms with van der Waals surface area (Å²) in [6.07, 6.45) is 9.22. The highest BCUT2D eigenvalue weighted by atomic mass is 16.1. The van der Waals surface area contributed by atoms with Crippen molar-refractivity contribution in [2.75, 3.05) is 19.6 Å². The van der Waals surface area contributed by atoms with Crippen LogP contribution in [0.3, 0.4) is 0 Å². The highest BCUT2D eigenvalue weighted by Crippen LogP contribution is 2.19. The molecule has 3 aromatic heterocycles. The lowest BCUT2D eigenvalue weighted by atomic mass is 9.97. The monoisotopic (exact) mass is 365 g/mol. The summed E-state index contributed by atoms with van der Waals surface area (Å²) in [6, 6.07) is 7.20. The Morgan fingerprint density at radius 3 is 2.56 bits per heavy atom. The third kappa shape index (κ3) is 4.46. The minimum Gasteiger partial charge on any atom is -0.301 e. The maximum absolute atomic E-state index is 12.2. The number of likely N-dealkylation sites (tertiary alicyclic amines) is 1. The molecule has 140 valence electrons. The Labute approximate surface area is 157 Å². The van der Waals surface area contributed by atoms with Crippen LogP contribution in [0.1, 0.15) is 12.8 Å². The first kappa shape index (κ1) is 17.5. The van der Waals surface area contributed by atoms with Gasteiger partial charge in [-0.15, -0.1) is 5.10 Å². The second kappa shape index (κ2) is 8.22. The zero-order valence-electron chi connectivity index (χ0n) is 15.2. The topological polar surface area (TPSA) is 81.7 Å². The highest BCUT2D eigenvalue weighted by Gasteiger charge is 2.20. The van der Waals surface area contributed by atoms with E-state index >= 15 is 0 Å². The molecule has 0 unspecified atom stereocenters. The molecule has 8 nitrogen and oxygen atoms in total. The van der Waals surface area contributed by atoms with Gasteiger partial charge in [0, 0.05) is 43.3 Å². The van der Waals surface area contributed by atoms with Gasteiger partial charge in [-0.3, -0.25) is 14.5 Å². The molecule has 1 fully saturated rings. The fourth-order valence-corrected chi connectivity index (χ4v) is 3.49. The number of nitrogens with zero attached hydrogens (tertiary/aromatic N) is 7. The smallest absolute Gasteiger partial charge is 0.266 e. The lowest BCUT2D eigenvalue weighted by molar-refractivity contribution is 0.163. The van der Waals surface area contributed by atoms with Crippen molar-refractivity contribution < 1.29 is 0 Å². The number of hydrogen-bond donors (Lipinski definition) is 0. The molecule has 0 spiro atoms. The molecule has 1 aliphatic rings. The quantitative estimate of drug-likeness (QED) is 0.655. The Morgan fingerprint density at radius 1 is 1.00 bits per heavy atom. The van der Waals surface area contributed by atoms with E-state index in [9.17, 15) is 4.79 Å². The Bertz CT molecular complexity index is 899. The highest BCUT2D eigenvalue weighted by molar-refractivity contribution is 5.56. The third-order valence-electron chi connectivity index (χ3n) is 5.10. The molecule has 0 amide bonds. The summed E-state index contributed by atoms with van der Waals surface area (Å²) in [5, 5.41) is 12.4. The van der Waals surface area contributed by atoms with Crippen LogP contribution in [0.4, 0.5) is 0 Å². The van der Waals surface area contributed by atoms with Crippen molar-refractivity contribution >= 4 is 0 Å². The number of hydrogen-bond acceptors (Lipinski definition) is 6. The second-order valence-electron chi connectivity index (χ2n) is 6.93. The standard InChI is InChI=1S/C19H23N7O/c27-19-2-1-18(17-3-7-20-8-4-17)22-26(19)15-16-5-10-24(11-6-16)13-14-25-12-9-21-23-25/h1-4,7-9,12,16H,5-6,10-11,13-15H2. The Morgan fingerprint density at radius 2 is 1.81 bits per heavy atom. The van der Waals surface area contributed by atoms with Gasteiger partial charge in [0.15, 0.2) is 0 Å². The van der Waals surface area contributed by atoms with Gasteiger partial charge in [0.05, 0.1) is 18.4 Å². The van der Waals surface area contributed by atoms with Crippen molar-refractivity contribution in [1.82, 2.24) is 34.7 Å². The lowest BCUT2D eigenvalue weighted by Gasteiger charge is -2.31. The van der Waals surface area contributed by atoms with Crippen LogP contribution >= 0.6 is 0 Å². The number of rotatable bonds is 6. The van der Waals surface area contributed by atoms with Crippen molar-refractivity contribution in [3.63, 3.8) is 0 Å². The molecule has 0 N–H and O–H groups in total. The van der Waals surface area contributed by atoms with Crippen molar-refractivity contribution in [3.05, 3.63) is 59.4 Å². The fourth-order valence-electron chi connectivity index (χ4n) is 3.49. The molecule has 1 aliphatic heterocycles. The van der Waals surface area contributed by atoms with Gasteiger partial charge < -0.3 is 4.90 Å². The molecule has 0 bridgehead atoms. The molecule has 4 heterocycles. The van der Waals surface area contributed by atoms with Gasteiger partial charge in [-0.25, -0.2) is 4.68 Å². The SMILES string of the molecule is O=c1ccc(-c2ccncc2)nn1CC1CCN(CCn2ccnn2)CC1. The van der Waals surface area contributed by atoms with Gasteiger partial charge in [0.25, 0.3) is 5.56 Å². The van der Waals surface area contributed by atoms with Crippen molar-refractivity contribution in [2.45, 2.75) is 25.9 Å². The molecular formula is C19H23N7O. The van der Waals surface area contributed by atoms with Crippen molar-refractivity contribution in [3.8, 4) is 11.3 Å². The molecular weight excluding hydrogens is 342 g/mol. The predicted molar refractivity (Wildman–Crippen MR) is 101 cm³/mol. The summed E-state index contributed by atoms with van der Waals surface area (Å²) < 4.78 is 3.48. The van der Waals surface area contributed by atoms with Gasteiger partial charge in [-0.2, -0.15) is 5.10 Å². The zero-order chi connectivity index (χ0) is 18.5. The summed E-state index contributed by atoms with van der Waals surface area (Å²) in [5.41, 5.74) is 1.74. The molecule has 3 aromatic rings. The Balaban J connectivity index is 1.34. The molecule has 0 aliphatic carbocycles. The van der Waals surface area contributed by atoms with Crippen molar-refractivity contribution in [2.24, 2.45) is 5.92 Å². The van der Waals surface area contributed by atoms with E-state index in [2.05, 4.69) is 25.3 Å². The molecule has 4 rings (SSSR count). The van der Waals surface area contributed by atoms with E-state index in [0.717, 1.165) is 50.3 Å². The number of pyridine rings is 1. The zero-order valence-corrected chi connectivity index (χ0v) is 15.2. The first-order valence-electron chi connectivity index (χ1n) is 9.33. The second-order valence-corrected chi connectivity index (χ2v) is 6.93. The summed E-state index contributed by atoms with van der Waals surface area (Å²) in [6.45, 7) is 4.59. The molecule has 0 saturated carbocycles. The van der Waals surface area contributed by atoms with Crippen LogP contribution in [-0.2, 0) is 13.1 Å². The maximum Gasteiger partial charge on any atom is 0.266 e. The Kier molecular flexibility index (Phi) is 5.34. The van der Waals surface area contributed by atoms with Crippen LogP contribution in [0.25, 0.3) is 11.3 Å². The van der Waals surface area contributed by atoms with Crippen LogP contribution in [0.5, 0.6) is 0 Å². The molecule has 0 radical (unpaired) electrons. The van der Waals surface area contributed by atoms with E-state index < -0.39 is 0 Å². The molecule has 0 atom stereocenters. The molecule has 27 heavy (non-hydrogen) atoms. The number of aromatic nitrogens is 6. The van der Waals surface area contributed by atoms with Gasteiger partial charge >= 0.3 is 0 Å². The fraction of sp³-hybridized carbons (Fsp3) is 0.421. The normalized spacial score (nSPS) is 15.9. The van der Waals surface area contributed by atoms with E-state index in [-0.39, 0.29) is 5.56 Å².